The molecular weight excluding hydrogens is 302 g/mol. The topological polar surface area (TPSA) is 37.3 Å². The van der Waals surface area contributed by atoms with Crippen LogP contribution in [0.15, 0.2) is 24.3 Å². The summed E-state index contributed by atoms with van der Waals surface area (Å²) in [6.07, 6.45) is 2.64. The second-order valence-electron chi connectivity index (χ2n) is 2.34. The molecule has 0 bridgehead atoms. The first kappa shape index (κ1) is 10.5. The molecule has 13 heavy (non-hydrogen) atoms. The lowest BCUT2D eigenvalue weighted by Gasteiger charge is -1.97. The van der Waals surface area contributed by atoms with Gasteiger partial charge in [-0.2, -0.15) is 0 Å². The van der Waals surface area contributed by atoms with Crippen LogP contribution >= 0.6 is 34.2 Å². The third kappa shape index (κ3) is 3.36. The fourth-order valence-corrected chi connectivity index (χ4v) is 1.85. The fourth-order valence-electron chi connectivity index (χ4n) is 0.798. The van der Waals surface area contributed by atoms with Crippen molar-refractivity contribution >= 4 is 46.2 Å². The van der Waals surface area contributed by atoms with E-state index in [0.29, 0.717) is 5.02 Å². The molecule has 1 rings (SSSR count). The van der Waals surface area contributed by atoms with Crippen molar-refractivity contribution in [3.8, 4) is 0 Å². The number of aliphatic carboxylic acids is 1. The van der Waals surface area contributed by atoms with Gasteiger partial charge in [-0.1, -0.05) is 17.7 Å². The normalized spacial score (nSPS) is 10.6. The molecule has 0 spiro atoms. The standard InChI is InChI=1S/C9H6ClIO2/c10-7-3-1-6(8(11)5-7)2-4-9(12)13/h1-5H,(H,12,13)/b4-2+. The van der Waals surface area contributed by atoms with Crippen LogP contribution in [0, 0.1) is 3.57 Å². The summed E-state index contributed by atoms with van der Waals surface area (Å²) in [5.41, 5.74) is 0.854. The van der Waals surface area contributed by atoms with Gasteiger partial charge in [0.1, 0.15) is 0 Å². The third-order valence-electron chi connectivity index (χ3n) is 1.37. The molecule has 2 nitrogen and oxygen atoms in total. The van der Waals surface area contributed by atoms with Crippen LogP contribution in [0.1, 0.15) is 5.56 Å². The second-order valence-corrected chi connectivity index (χ2v) is 3.94. The van der Waals surface area contributed by atoms with E-state index in [0.717, 1.165) is 15.2 Å². The molecular formula is C9H6ClIO2. The highest BCUT2D eigenvalue weighted by molar-refractivity contribution is 14.1. The minimum Gasteiger partial charge on any atom is -0.478 e. The number of carboxylic acids is 1. The first-order valence-electron chi connectivity index (χ1n) is 3.45. The highest BCUT2D eigenvalue weighted by Gasteiger charge is 1.97. The Bertz CT molecular complexity index is 361. The van der Waals surface area contributed by atoms with Crippen molar-refractivity contribution in [1.82, 2.24) is 0 Å². The average Bonchev–Trinajstić information content (AvgIpc) is 2.02. The van der Waals surface area contributed by atoms with Crippen LogP contribution in [-0.2, 0) is 4.79 Å². The number of hydrogen-bond acceptors (Lipinski definition) is 1. The van der Waals surface area contributed by atoms with E-state index in [1.165, 1.54) is 0 Å². The van der Waals surface area contributed by atoms with E-state index in [-0.39, 0.29) is 0 Å². The van der Waals surface area contributed by atoms with Crippen LogP contribution in [0.5, 0.6) is 0 Å². The lowest BCUT2D eigenvalue weighted by Crippen LogP contribution is -1.86. The summed E-state index contributed by atoms with van der Waals surface area (Å²) in [5, 5.41) is 9.05. The summed E-state index contributed by atoms with van der Waals surface area (Å²) >= 11 is 7.84. The van der Waals surface area contributed by atoms with Crippen LogP contribution in [0.4, 0.5) is 0 Å². The second kappa shape index (κ2) is 4.62. The van der Waals surface area contributed by atoms with E-state index in [9.17, 15) is 4.79 Å². The first-order chi connectivity index (χ1) is 6.09. The van der Waals surface area contributed by atoms with Gasteiger partial charge >= 0.3 is 5.97 Å². The van der Waals surface area contributed by atoms with Crippen molar-refractivity contribution < 1.29 is 9.90 Å². The molecule has 0 radical (unpaired) electrons. The third-order valence-corrected chi connectivity index (χ3v) is 2.54. The maximum Gasteiger partial charge on any atom is 0.328 e. The molecule has 0 heterocycles. The minimum atomic E-state index is -0.953. The summed E-state index contributed by atoms with van der Waals surface area (Å²) in [6.45, 7) is 0. The lowest BCUT2D eigenvalue weighted by atomic mass is 10.2. The number of benzene rings is 1. The Morgan fingerprint density at radius 1 is 1.54 bits per heavy atom. The highest BCUT2D eigenvalue weighted by atomic mass is 127. The van der Waals surface area contributed by atoms with Crippen LogP contribution in [0.25, 0.3) is 6.08 Å². The van der Waals surface area contributed by atoms with Gasteiger partial charge in [0.15, 0.2) is 0 Å². The number of halogens is 2. The Labute approximate surface area is 94.4 Å². The molecule has 0 atom stereocenters. The average molecular weight is 309 g/mol. The molecule has 68 valence electrons. The molecule has 0 saturated carbocycles. The van der Waals surface area contributed by atoms with Crippen molar-refractivity contribution in [3.63, 3.8) is 0 Å². The summed E-state index contributed by atoms with van der Waals surface area (Å²) in [6, 6.07) is 5.29. The fraction of sp³-hybridized carbons (Fsp3) is 0. The molecule has 0 saturated heterocycles. The Morgan fingerprint density at radius 2 is 2.23 bits per heavy atom. The summed E-state index contributed by atoms with van der Waals surface area (Å²) < 4.78 is 0.933. The van der Waals surface area contributed by atoms with Crippen LogP contribution in [0.2, 0.25) is 5.02 Å². The molecule has 0 aliphatic carbocycles. The first-order valence-corrected chi connectivity index (χ1v) is 4.91. The SMILES string of the molecule is O=C(O)/C=C/c1ccc(Cl)cc1I. The van der Waals surface area contributed by atoms with Crippen LogP contribution < -0.4 is 0 Å². The van der Waals surface area contributed by atoms with Gasteiger partial charge in [-0.05, 0) is 46.4 Å². The molecule has 1 aromatic rings. The van der Waals surface area contributed by atoms with Crippen molar-refractivity contribution in [3.05, 3.63) is 38.4 Å². The Morgan fingerprint density at radius 3 is 2.77 bits per heavy atom. The van der Waals surface area contributed by atoms with E-state index >= 15 is 0 Å². The number of carboxylic acid groups (broad SMARTS) is 1. The zero-order valence-electron chi connectivity index (χ0n) is 6.50. The van der Waals surface area contributed by atoms with Gasteiger partial charge in [-0.25, -0.2) is 4.79 Å². The van der Waals surface area contributed by atoms with E-state index < -0.39 is 5.97 Å². The van der Waals surface area contributed by atoms with Crippen molar-refractivity contribution in [2.75, 3.05) is 0 Å². The predicted molar refractivity (Wildman–Crippen MR) is 60.8 cm³/mol. The van der Waals surface area contributed by atoms with Gasteiger partial charge in [-0.3, -0.25) is 0 Å². The van der Waals surface area contributed by atoms with E-state index in [1.54, 1.807) is 24.3 Å². The molecule has 0 aliphatic rings. The van der Waals surface area contributed by atoms with Gasteiger partial charge in [-0.15, -0.1) is 0 Å². The number of rotatable bonds is 2. The Hall–Kier alpha value is -0.550. The van der Waals surface area contributed by atoms with Gasteiger partial charge < -0.3 is 5.11 Å². The van der Waals surface area contributed by atoms with Gasteiger partial charge in [0.25, 0.3) is 0 Å². The van der Waals surface area contributed by atoms with Gasteiger partial charge in [0.05, 0.1) is 0 Å². The smallest absolute Gasteiger partial charge is 0.328 e. The molecule has 0 unspecified atom stereocenters. The molecule has 0 aromatic heterocycles. The summed E-state index contributed by atoms with van der Waals surface area (Å²) in [5.74, 6) is -0.953. The zero-order valence-corrected chi connectivity index (χ0v) is 9.41. The van der Waals surface area contributed by atoms with Gasteiger partial charge in [0, 0.05) is 14.7 Å². The van der Waals surface area contributed by atoms with E-state index in [1.807, 2.05) is 0 Å². The lowest BCUT2D eigenvalue weighted by molar-refractivity contribution is -0.131. The van der Waals surface area contributed by atoms with Gasteiger partial charge in [0.2, 0.25) is 0 Å². The molecule has 1 N–H and O–H groups in total. The minimum absolute atomic E-state index is 0.650. The molecule has 0 fully saturated rings. The molecule has 0 amide bonds. The largest absolute Gasteiger partial charge is 0.478 e. The number of hydrogen-bond donors (Lipinski definition) is 1. The Balaban J connectivity index is 2.96. The highest BCUT2D eigenvalue weighted by Crippen LogP contribution is 2.18. The molecule has 1 aromatic carbocycles. The maximum atomic E-state index is 10.2. The van der Waals surface area contributed by atoms with Crippen molar-refractivity contribution in [2.45, 2.75) is 0 Å². The van der Waals surface area contributed by atoms with Crippen molar-refractivity contribution in [2.24, 2.45) is 0 Å². The predicted octanol–water partition coefficient (Wildman–Crippen LogP) is 3.04. The van der Waals surface area contributed by atoms with E-state index in [2.05, 4.69) is 22.6 Å². The molecule has 0 aliphatic heterocycles. The maximum absolute atomic E-state index is 10.2. The number of carbonyl (C=O) groups is 1. The van der Waals surface area contributed by atoms with Crippen LogP contribution in [0.3, 0.4) is 0 Å². The Kier molecular flexibility index (Phi) is 3.74. The summed E-state index contributed by atoms with van der Waals surface area (Å²) in [4.78, 5) is 10.2. The quantitative estimate of drug-likeness (QED) is 0.673. The van der Waals surface area contributed by atoms with E-state index in [4.69, 9.17) is 16.7 Å². The van der Waals surface area contributed by atoms with Crippen LogP contribution in [-0.4, -0.2) is 11.1 Å². The molecule has 4 heteroatoms. The summed E-state index contributed by atoms with van der Waals surface area (Å²) in [7, 11) is 0. The monoisotopic (exact) mass is 308 g/mol. The van der Waals surface area contributed by atoms with Crippen molar-refractivity contribution in [1.29, 1.82) is 0 Å². The zero-order chi connectivity index (χ0) is 9.84.